The SMILES string of the molecule is O=C(NCC(O)CNC(=O)[C]1[CH][CH][CH][CH]1)[C]1[CH][CH][CH][CH]1.[CH]1[CH][CH][CH][CH]1.[CH]1[CH][CH][CH][CH]1.[Fe+2].[Fe+2]. The number of carbonyl (C=O) groups is 2. The van der Waals surface area contributed by atoms with Crippen molar-refractivity contribution in [3.63, 3.8) is 0 Å². The van der Waals surface area contributed by atoms with Gasteiger partial charge in [-0.25, -0.2) is 0 Å². The maximum atomic E-state index is 11.6. The predicted octanol–water partition coefficient (Wildman–Crippen LogP) is 1.43. The summed E-state index contributed by atoms with van der Waals surface area (Å²) >= 11 is 0. The maximum absolute atomic E-state index is 11.6. The zero-order valence-electron chi connectivity index (χ0n) is 17.4. The van der Waals surface area contributed by atoms with Crippen LogP contribution in [0.15, 0.2) is 0 Å². The molecule has 4 aliphatic carbocycles. The molecule has 4 aliphatic rings. The van der Waals surface area contributed by atoms with E-state index in [2.05, 4.69) is 10.6 Å². The quantitative estimate of drug-likeness (QED) is 0.470. The van der Waals surface area contributed by atoms with Gasteiger partial charge in [0.15, 0.2) is 0 Å². The molecule has 5 nitrogen and oxygen atoms in total. The molecule has 0 aliphatic heterocycles. The topological polar surface area (TPSA) is 78.4 Å². The van der Waals surface area contributed by atoms with Crippen molar-refractivity contribution in [2.45, 2.75) is 6.10 Å². The van der Waals surface area contributed by atoms with Crippen LogP contribution < -0.4 is 10.6 Å². The summed E-state index contributed by atoms with van der Waals surface area (Å²) in [6, 6.07) is 0. The van der Waals surface area contributed by atoms with Crippen molar-refractivity contribution in [3.05, 3.63) is 127 Å². The Labute approximate surface area is 217 Å². The minimum Gasteiger partial charge on any atom is -0.389 e. The number of rotatable bonds is 6. The Bertz CT molecular complexity index is 417. The molecule has 0 aromatic carbocycles. The summed E-state index contributed by atoms with van der Waals surface area (Å²) in [6.07, 6.45) is 33.0. The molecule has 7 heteroatoms. The van der Waals surface area contributed by atoms with Gasteiger partial charge in [0, 0.05) is 13.1 Å². The van der Waals surface area contributed by atoms with E-state index in [1.807, 2.05) is 64.2 Å². The third kappa shape index (κ3) is 14.3. The first-order chi connectivity index (χ1) is 14.7. The number of aliphatic hydroxyl groups excluding tert-OH is 1. The molecule has 0 saturated heterocycles. The second-order valence-corrected chi connectivity index (χ2v) is 6.35. The minimum atomic E-state index is -0.826. The zero-order valence-corrected chi connectivity index (χ0v) is 19.6. The summed E-state index contributed by atoms with van der Waals surface area (Å²) in [4.78, 5) is 23.3. The molecule has 32 heavy (non-hydrogen) atoms. The monoisotopic (exact) mass is 514 g/mol. The van der Waals surface area contributed by atoms with Gasteiger partial charge in [0.25, 0.3) is 0 Å². The Morgan fingerprint density at radius 1 is 0.562 bits per heavy atom. The van der Waals surface area contributed by atoms with Gasteiger partial charge >= 0.3 is 34.1 Å². The van der Waals surface area contributed by atoms with Crippen LogP contribution in [-0.2, 0) is 43.7 Å². The fraction of sp³-hybridized carbons (Fsp3) is 0.120. The molecule has 3 N–H and O–H groups in total. The van der Waals surface area contributed by atoms with Crippen molar-refractivity contribution in [2.75, 3.05) is 13.1 Å². The number of nitrogens with one attached hydrogen (secondary N) is 2. The fourth-order valence-corrected chi connectivity index (χ4v) is 2.39. The van der Waals surface area contributed by atoms with E-state index in [-0.39, 0.29) is 59.0 Å². The van der Waals surface area contributed by atoms with E-state index in [1.165, 1.54) is 0 Å². The zero-order chi connectivity index (χ0) is 21.4. The summed E-state index contributed by atoms with van der Waals surface area (Å²) < 4.78 is 0. The number of hydrogen-bond donors (Lipinski definition) is 3. The molecule has 20 radical (unpaired) electrons. The molecule has 0 atom stereocenters. The Hall–Kier alpha value is -0.0610. The van der Waals surface area contributed by atoms with Crippen molar-refractivity contribution < 1.29 is 48.8 Å². The van der Waals surface area contributed by atoms with E-state index in [0.717, 1.165) is 0 Å². The Morgan fingerprint density at radius 3 is 1.06 bits per heavy atom. The molecule has 0 bridgehead atoms. The van der Waals surface area contributed by atoms with Crippen LogP contribution >= 0.6 is 0 Å². The molecule has 4 rings (SSSR count). The van der Waals surface area contributed by atoms with E-state index in [4.69, 9.17) is 0 Å². The van der Waals surface area contributed by atoms with Crippen molar-refractivity contribution >= 4 is 11.8 Å². The smallest absolute Gasteiger partial charge is 0.389 e. The second kappa shape index (κ2) is 20.3. The molecule has 4 fully saturated rings. The van der Waals surface area contributed by atoms with Gasteiger partial charge in [0.1, 0.15) is 0 Å². The maximum Gasteiger partial charge on any atom is 2.00 e. The molecule has 4 saturated carbocycles. The average molecular weight is 514 g/mol. The van der Waals surface area contributed by atoms with Gasteiger partial charge in [0.05, 0.1) is 17.9 Å². The van der Waals surface area contributed by atoms with E-state index < -0.39 is 6.10 Å². The van der Waals surface area contributed by atoms with Crippen LogP contribution in [0, 0.1) is 127 Å². The summed E-state index contributed by atoms with van der Waals surface area (Å²) in [7, 11) is 0. The number of aliphatic hydroxyl groups is 1. The van der Waals surface area contributed by atoms with E-state index in [1.54, 1.807) is 51.4 Å². The van der Waals surface area contributed by atoms with Gasteiger partial charge in [-0.2, -0.15) is 0 Å². The fourth-order valence-electron chi connectivity index (χ4n) is 2.39. The van der Waals surface area contributed by atoms with Crippen LogP contribution in [0.4, 0.5) is 0 Å². The Morgan fingerprint density at radius 2 is 0.812 bits per heavy atom. The summed E-state index contributed by atoms with van der Waals surface area (Å²) in [6.45, 7) is 0.177. The third-order valence-corrected chi connectivity index (χ3v) is 3.96. The first-order valence-electron chi connectivity index (χ1n) is 9.68. The summed E-state index contributed by atoms with van der Waals surface area (Å²) in [5.41, 5.74) is 0. The average Bonchev–Trinajstić information content (AvgIpc) is 3.58. The van der Waals surface area contributed by atoms with Gasteiger partial charge in [-0.05, 0) is 116 Å². The molecule has 0 aromatic rings. The van der Waals surface area contributed by atoms with Crippen LogP contribution in [0.1, 0.15) is 0 Å². The summed E-state index contributed by atoms with van der Waals surface area (Å²) in [5.74, 6) is 0.629. The van der Waals surface area contributed by atoms with Gasteiger partial charge in [0.2, 0.25) is 11.8 Å². The number of amides is 2. The predicted molar refractivity (Wildman–Crippen MR) is 116 cm³/mol. The van der Waals surface area contributed by atoms with Gasteiger partial charge in [-0.15, -0.1) is 0 Å². The van der Waals surface area contributed by atoms with Crippen LogP contribution in [0.5, 0.6) is 0 Å². The van der Waals surface area contributed by atoms with Crippen molar-refractivity contribution in [2.24, 2.45) is 0 Å². The molecule has 166 valence electrons. The Balaban J connectivity index is 0.000000657. The van der Waals surface area contributed by atoms with Crippen LogP contribution in [-0.4, -0.2) is 36.1 Å². The normalized spacial score (nSPS) is 20.3. The molecule has 0 unspecified atom stereocenters. The number of carbonyl (C=O) groups excluding carboxylic acids is 2. The molecule has 2 amide bonds. The van der Waals surface area contributed by atoms with Crippen LogP contribution in [0.25, 0.3) is 0 Å². The molecule has 0 aromatic heterocycles. The van der Waals surface area contributed by atoms with E-state index >= 15 is 0 Å². The third-order valence-electron chi connectivity index (χ3n) is 3.96. The van der Waals surface area contributed by atoms with Crippen molar-refractivity contribution in [1.82, 2.24) is 10.6 Å². The van der Waals surface area contributed by atoms with Gasteiger partial charge in [-0.1, -0.05) is 0 Å². The molecular weight excluding hydrogens is 488 g/mol. The first kappa shape index (κ1) is 31.9. The van der Waals surface area contributed by atoms with Crippen molar-refractivity contribution in [3.8, 4) is 0 Å². The standard InChI is InChI=1S/C15H16N2O3.2C5H5.2Fe/c18-13(9-16-14(19)11-5-1-2-6-11)10-17-15(20)12-7-3-4-8-12;2*1-2-4-5-3-1;;/h1-8,13,18H,9-10H2,(H,16,19)(H,17,20);2*1-5H;;/q;;;2*+2. The van der Waals surface area contributed by atoms with Crippen LogP contribution in [0.2, 0.25) is 0 Å². The number of hydrogen-bond acceptors (Lipinski definition) is 3. The largest absolute Gasteiger partial charge is 2.00 e. The van der Waals surface area contributed by atoms with Crippen LogP contribution in [0.3, 0.4) is 0 Å². The molecular formula is C25H26Fe2N2O3+4. The minimum absolute atomic E-state index is 0. The van der Waals surface area contributed by atoms with Gasteiger partial charge < -0.3 is 15.7 Å². The molecule has 0 heterocycles. The van der Waals surface area contributed by atoms with Gasteiger partial charge in [-0.3, -0.25) is 9.59 Å². The Kier molecular flexibility index (Phi) is 20.3. The molecule has 0 spiro atoms. The van der Waals surface area contributed by atoms with Crippen molar-refractivity contribution in [1.29, 1.82) is 0 Å². The summed E-state index contributed by atoms with van der Waals surface area (Å²) in [5, 5.41) is 14.9. The first-order valence-corrected chi connectivity index (χ1v) is 9.68. The van der Waals surface area contributed by atoms with E-state index in [9.17, 15) is 14.7 Å². The van der Waals surface area contributed by atoms with E-state index in [0.29, 0.717) is 11.8 Å². The second-order valence-electron chi connectivity index (χ2n) is 6.35.